The van der Waals surface area contributed by atoms with Crippen molar-refractivity contribution < 1.29 is 13.6 Å². The second-order valence-corrected chi connectivity index (χ2v) is 10.8. The molecular formula is C32H32F2N4O. The van der Waals surface area contributed by atoms with E-state index in [4.69, 9.17) is 4.99 Å². The molecule has 7 heteroatoms. The summed E-state index contributed by atoms with van der Waals surface area (Å²) in [5.41, 5.74) is 6.52. The molecule has 4 heterocycles. The predicted octanol–water partition coefficient (Wildman–Crippen LogP) is 5.66. The normalized spacial score (nSPS) is 19.7. The van der Waals surface area contributed by atoms with Crippen molar-refractivity contribution >= 4 is 11.6 Å². The Hall–Kier alpha value is -3.71. The fraction of sp³-hybridized carbons (Fsp3) is 0.344. The summed E-state index contributed by atoms with van der Waals surface area (Å²) >= 11 is 0. The number of aliphatic imine (C=N–C) groups is 1. The minimum Gasteiger partial charge on any atom is -0.338 e. The maximum atomic E-state index is 14.2. The van der Waals surface area contributed by atoms with Gasteiger partial charge in [0.2, 0.25) is 5.91 Å². The van der Waals surface area contributed by atoms with Crippen LogP contribution in [0.4, 0.5) is 8.78 Å². The van der Waals surface area contributed by atoms with E-state index in [0.29, 0.717) is 32.6 Å². The molecule has 3 aliphatic rings. The Morgan fingerprint density at radius 3 is 2.54 bits per heavy atom. The van der Waals surface area contributed by atoms with Gasteiger partial charge in [0, 0.05) is 55.5 Å². The van der Waals surface area contributed by atoms with Gasteiger partial charge in [-0.3, -0.25) is 19.7 Å². The summed E-state index contributed by atoms with van der Waals surface area (Å²) in [4.78, 5) is 26.9. The number of halogens is 2. The van der Waals surface area contributed by atoms with Crippen molar-refractivity contribution in [1.29, 1.82) is 0 Å². The van der Waals surface area contributed by atoms with E-state index in [1.165, 1.54) is 23.8 Å². The zero-order valence-corrected chi connectivity index (χ0v) is 22.0. The molecule has 0 aliphatic carbocycles. The summed E-state index contributed by atoms with van der Waals surface area (Å²) < 4.78 is 28.3. The smallest absolute Gasteiger partial charge is 0.223 e. The van der Waals surface area contributed by atoms with Crippen molar-refractivity contribution in [3.05, 3.63) is 101 Å². The van der Waals surface area contributed by atoms with Gasteiger partial charge in [-0.2, -0.15) is 0 Å². The lowest BCUT2D eigenvalue weighted by atomic mass is 9.92. The number of amides is 1. The molecule has 0 radical (unpaired) electrons. The Labute approximate surface area is 227 Å². The van der Waals surface area contributed by atoms with Crippen molar-refractivity contribution in [2.24, 2.45) is 10.9 Å². The number of carbonyl (C=O) groups is 1. The minimum atomic E-state index is -0.510. The fourth-order valence-electron chi connectivity index (χ4n) is 6.03. The lowest BCUT2D eigenvalue weighted by Gasteiger charge is -2.35. The average Bonchev–Trinajstić information content (AvgIpc) is 3.39. The number of aromatic nitrogens is 1. The molecule has 6 rings (SSSR count). The van der Waals surface area contributed by atoms with E-state index < -0.39 is 11.6 Å². The van der Waals surface area contributed by atoms with Crippen molar-refractivity contribution in [2.75, 3.05) is 32.7 Å². The first-order valence-electron chi connectivity index (χ1n) is 13.8. The van der Waals surface area contributed by atoms with Crippen LogP contribution in [0.1, 0.15) is 36.8 Å². The Morgan fingerprint density at radius 2 is 1.77 bits per heavy atom. The van der Waals surface area contributed by atoms with Crippen LogP contribution in [0.2, 0.25) is 0 Å². The van der Waals surface area contributed by atoms with Gasteiger partial charge in [-0.05, 0) is 67.1 Å². The summed E-state index contributed by atoms with van der Waals surface area (Å²) in [7, 11) is 0. The maximum Gasteiger partial charge on any atom is 0.223 e. The van der Waals surface area contributed by atoms with Gasteiger partial charge in [-0.15, -0.1) is 0 Å². The molecule has 1 aromatic heterocycles. The molecule has 0 spiro atoms. The largest absolute Gasteiger partial charge is 0.338 e. The van der Waals surface area contributed by atoms with Gasteiger partial charge in [-0.1, -0.05) is 36.4 Å². The zero-order chi connectivity index (χ0) is 26.8. The van der Waals surface area contributed by atoms with Crippen LogP contribution in [0.25, 0.3) is 11.3 Å². The Bertz CT molecular complexity index is 1400. The highest BCUT2D eigenvalue weighted by Gasteiger charge is 2.31. The monoisotopic (exact) mass is 526 g/mol. The Kier molecular flexibility index (Phi) is 7.33. The number of carbonyl (C=O) groups excluding carboxylic acids is 1. The lowest BCUT2D eigenvalue weighted by Crippen LogP contribution is -2.41. The van der Waals surface area contributed by atoms with Gasteiger partial charge >= 0.3 is 0 Å². The van der Waals surface area contributed by atoms with E-state index >= 15 is 0 Å². The number of hydrogen-bond donors (Lipinski definition) is 0. The van der Waals surface area contributed by atoms with Crippen LogP contribution >= 0.6 is 0 Å². The molecule has 3 aliphatic heterocycles. The molecule has 0 bridgehead atoms. The third-order valence-corrected chi connectivity index (χ3v) is 8.14. The van der Waals surface area contributed by atoms with E-state index in [9.17, 15) is 13.6 Å². The van der Waals surface area contributed by atoms with E-state index in [-0.39, 0.29) is 23.9 Å². The van der Waals surface area contributed by atoms with Crippen molar-refractivity contribution in [2.45, 2.75) is 32.2 Å². The first-order valence-corrected chi connectivity index (χ1v) is 13.8. The van der Waals surface area contributed by atoms with Gasteiger partial charge < -0.3 is 4.90 Å². The standard InChI is InChI=1S/C32H32F2N4O/c33-28-9-4-10-29(34)27(28)20-37-14-5-6-22(19-37)16-31(39)38-15-13-24-17-36-32(26(24)21-38)25-11-12-30(35-18-25)23-7-2-1-3-8-23/h1-4,7-12,18,22H,5-6,13-17,19-21H2/t22-/m0/s1. The first-order chi connectivity index (χ1) is 19.0. The van der Waals surface area contributed by atoms with Crippen LogP contribution in [-0.4, -0.2) is 59.1 Å². The van der Waals surface area contributed by atoms with Crippen molar-refractivity contribution in [3.63, 3.8) is 0 Å². The summed E-state index contributed by atoms with van der Waals surface area (Å²) in [6.45, 7) is 3.67. The van der Waals surface area contributed by atoms with Crippen LogP contribution in [-0.2, 0) is 11.3 Å². The van der Waals surface area contributed by atoms with E-state index in [0.717, 1.165) is 53.9 Å². The maximum absolute atomic E-state index is 14.2. The number of hydrogen-bond acceptors (Lipinski definition) is 4. The van der Waals surface area contributed by atoms with Crippen LogP contribution < -0.4 is 0 Å². The summed E-state index contributed by atoms with van der Waals surface area (Å²) in [5.74, 6) is -0.689. The molecule has 39 heavy (non-hydrogen) atoms. The van der Waals surface area contributed by atoms with Gasteiger partial charge in [-0.25, -0.2) is 8.78 Å². The number of benzene rings is 2. The quantitative estimate of drug-likeness (QED) is 0.417. The molecule has 5 nitrogen and oxygen atoms in total. The van der Waals surface area contributed by atoms with Gasteiger partial charge in [0.25, 0.3) is 0 Å². The van der Waals surface area contributed by atoms with E-state index in [2.05, 4.69) is 16.0 Å². The molecule has 1 fully saturated rings. The molecule has 1 atom stereocenters. The predicted molar refractivity (Wildman–Crippen MR) is 148 cm³/mol. The number of piperidine rings is 1. The molecule has 0 N–H and O–H groups in total. The second-order valence-electron chi connectivity index (χ2n) is 10.8. The van der Waals surface area contributed by atoms with Crippen LogP contribution in [0.5, 0.6) is 0 Å². The number of nitrogens with zero attached hydrogens (tertiary/aromatic N) is 4. The molecule has 0 unspecified atom stereocenters. The summed E-state index contributed by atoms with van der Waals surface area (Å²) in [6.07, 6.45) is 5.06. The van der Waals surface area contributed by atoms with Crippen LogP contribution in [0.15, 0.2) is 83.0 Å². The minimum absolute atomic E-state index is 0.110. The summed E-state index contributed by atoms with van der Waals surface area (Å²) in [6, 6.07) is 18.2. The third-order valence-electron chi connectivity index (χ3n) is 8.14. The molecule has 3 aromatic rings. The van der Waals surface area contributed by atoms with Gasteiger partial charge in [0.15, 0.2) is 0 Å². The molecule has 1 amide bonds. The average molecular weight is 527 g/mol. The molecule has 2 aromatic carbocycles. The number of likely N-dealkylation sites (tertiary alicyclic amines) is 1. The van der Waals surface area contributed by atoms with E-state index in [1.807, 2.05) is 47.5 Å². The highest BCUT2D eigenvalue weighted by Crippen LogP contribution is 2.30. The van der Waals surface area contributed by atoms with Gasteiger partial charge in [0.05, 0.1) is 18.0 Å². The molecular weight excluding hydrogens is 494 g/mol. The highest BCUT2D eigenvalue weighted by atomic mass is 19.1. The number of rotatable bonds is 6. The first kappa shape index (κ1) is 25.6. The Balaban J connectivity index is 1.08. The second kappa shape index (κ2) is 11.2. The van der Waals surface area contributed by atoms with E-state index in [1.54, 1.807) is 0 Å². The Morgan fingerprint density at radius 1 is 0.949 bits per heavy atom. The van der Waals surface area contributed by atoms with Crippen LogP contribution in [0.3, 0.4) is 0 Å². The lowest BCUT2D eigenvalue weighted by molar-refractivity contribution is -0.132. The molecule has 1 saturated heterocycles. The van der Waals surface area contributed by atoms with Crippen LogP contribution in [0, 0.1) is 17.6 Å². The molecule has 200 valence electrons. The highest BCUT2D eigenvalue weighted by molar-refractivity contribution is 6.15. The summed E-state index contributed by atoms with van der Waals surface area (Å²) in [5, 5.41) is 0. The SMILES string of the molecule is O=C(C[C@@H]1CCCN(Cc2c(F)cccc2F)C1)N1CCC2=C(C1)C(c1ccc(-c3ccccc3)nc1)=NC2. The zero-order valence-electron chi connectivity index (χ0n) is 22.0. The number of pyridine rings is 1. The van der Waals surface area contributed by atoms with Gasteiger partial charge in [0.1, 0.15) is 11.6 Å². The third kappa shape index (κ3) is 5.55. The fourth-order valence-corrected chi connectivity index (χ4v) is 6.03. The van der Waals surface area contributed by atoms with Crippen molar-refractivity contribution in [1.82, 2.24) is 14.8 Å². The molecule has 0 saturated carbocycles. The van der Waals surface area contributed by atoms with Crippen molar-refractivity contribution in [3.8, 4) is 11.3 Å². The topological polar surface area (TPSA) is 48.8 Å².